The topological polar surface area (TPSA) is 103 Å². The number of aliphatic carboxylic acids is 2. The van der Waals surface area contributed by atoms with Crippen LogP contribution in [0.3, 0.4) is 0 Å². The minimum atomic E-state index is -1.08. The smallest absolute Gasteiger partial charge is 0.331 e. The molecule has 1 aromatic rings. The normalized spacial score (nSPS) is 22.4. The van der Waals surface area contributed by atoms with Gasteiger partial charge >= 0.3 is 11.9 Å². The number of carboxylic acids is 2. The lowest BCUT2D eigenvalue weighted by Gasteiger charge is -2.28. The molecule has 134 valence electrons. The van der Waals surface area contributed by atoms with E-state index in [0.717, 1.165) is 32.0 Å². The van der Waals surface area contributed by atoms with Gasteiger partial charge in [-0.25, -0.2) is 9.78 Å². The van der Waals surface area contributed by atoms with Crippen LogP contribution in [-0.4, -0.2) is 53.3 Å². The highest BCUT2D eigenvalue weighted by Gasteiger charge is 2.34. The number of nitrogens with zero attached hydrogens (tertiary/aromatic N) is 2. The fraction of sp³-hybridized carbons (Fsp3) is 0.389. The van der Waals surface area contributed by atoms with Crippen LogP contribution in [0, 0.1) is 5.41 Å². The van der Waals surface area contributed by atoms with E-state index in [1.807, 2.05) is 18.3 Å². The first-order valence-electron chi connectivity index (χ1n) is 8.14. The van der Waals surface area contributed by atoms with Gasteiger partial charge in [-0.1, -0.05) is 24.3 Å². The fourth-order valence-electron chi connectivity index (χ4n) is 2.62. The second kappa shape index (κ2) is 8.43. The van der Waals surface area contributed by atoms with Crippen molar-refractivity contribution < 1.29 is 19.8 Å². The third-order valence-corrected chi connectivity index (χ3v) is 4.17. The predicted molar refractivity (Wildman–Crippen MR) is 94.5 cm³/mol. The molecule has 1 unspecified atom stereocenters. The van der Waals surface area contributed by atoms with Gasteiger partial charge in [0.15, 0.2) is 0 Å². The molecule has 1 atom stereocenters. The highest BCUT2D eigenvalue weighted by molar-refractivity contribution is 5.90. The summed E-state index contributed by atoms with van der Waals surface area (Å²) in [5.41, 5.74) is -0.949. The van der Waals surface area contributed by atoms with E-state index in [9.17, 15) is 9.59 Å². The molecule has 0 radical (unpaired) electrons. The summed E-state index contributed by atoms with van der Waals surface area (Å²) in [5.74, 6) is -0.966. The maximum atomic E-state index is 10.8. The number of allylic oxidation sites excluding steroid dienone is 2. The second-order valence-corrected chi connectivity index (χ2v) is 6.18. The summed E-state index contributed by atoms with van der Waals surface area (Å²) >= 11 is 0. The number of pyridine rings is 1. The summed E-state index contributed by atoms with van der Waals surface area (Å²) in [6, 6.07) is 6.04. The maximum absolute atomic E-state index is 10.8. The van der Waals surface area contributed by atoms with Crippen LogP contribution < -0.4 is 10.2 Å². The van der Waals surface area contributed by atoms with Gasteiger partial charge in [0.25, 0.3) is 0 Å². The number of hydrogen-bond acceptors (Lipinski definition) is 5. The first kappa shape index (κ1) is 18.7. The number of carboxylic acid groups (broad SMARTS) is 2. The minimum Gasteiger partial charge on any atom is -0.481 e. The molecule has 0 saturated carbocycles. The molecule has 1 saturated heterocycles. The molecule has 1 aliphatic carbocycles. The molecule has 7 heteroatoms. The van der Waals surface area contributed by atoms with E-state index in [0.29, 0.717) is 0 Å². The van der Waals surface area contributed by atoms with Crippen LogP contribution in [0.25, 0.3) is 0 Å². The zero-order valence-electron chi connectivity index (χ0n) is 14.2. The van der Waals surface area contributed by atoms with E-state index < -0.39 is 17.4 Å². The summed E-state index contributed by atoms with van der Waals surface area (Å²) in [7, 11) is 0. The number of anilines is 1. The zero-order chi connectivity index (χ0) is 18.3. The van der Waals surface area contributed by atoms with Crippen molar-refractivity contribution in [3.05, 3.63) is 48.2 Å². The lowest BCUT2D eigenvalue weighted by molar-refractivity contribution is -0.145. The molecule has 0 aromatic carbocycles. The fourth-order valence-corrected chi connectivity index (χ4v) is 2.62. The number of aromatic nitrogens is 1. The van der Waals surface area contributed by atoms with Gasteiger partial charge in [-0.05, 0) is 25.5 Å². The van der Waals surface area contributed by atoms with Crippen molar-refractivity contribution in [1.82, 2.24) is 10.3 Å². The van der Waals surface area contributed by atoms with Crippen LogP contribution in [0.15, 0.2) is 48.2 Å². The molecule has 2 heterocycles. The van der Waals surface area contributed by atoms with Crippen molar-refractivity contribution in [3.8, 4) is 0 Å². The largest absolute Gasteiger partial charge is 0.481 e. The Balaban J connectivity index is 0.000000181. The average molecular weight is 345 g/mol. The molecule has 1 aromatic heterocycles. The average Bonchev–Trinajstić information content (AvgIpc) is 2.64. The predicted octanol–water partition coefficient (Wildman–Crippen LogP) is 1.54. The third-order valence-electron chi connectivity index (χ3n) is 4.17. The molecule has 0 amide bonds. The van der Waals surface area contributed by atoms with Gasteiger partial charge in [0.2, 0.25) is 0 Å². The first-order chi connectivity index (χ1) is 11.9. The molecule has 1 aliphatic heterocycles. The Bertz CT molecular complexity index is 666. The van der Waals surface area contributed by atoms with E-state index >= 15 is 0 Å². The van der Waals surface area contributed by atoms with Crippen molar-refractivity contribution in [1.29, 1.82) is 0 Å². The van der Waals surface area contributed by atoms with Gasteiger partial charge in [-0.2, -0.15) is 0 Å². The van der Waals surface area contributed by atoms with Gasteiger partial charge in [0.05, 0.1) is 5.41 Å². The lowest BCUT2D eigenvalue weighted by atomic mass is 9.80. The molecule has 3 rings (SSSR count). The van der Waals surface area contributed by atoms with Gasteiger partial charge in [-0.3, -0.25) is 4.79 Å². The minimum absolute atomic E-state index is 0.0359. The number of rotatable bonds is 3. The maximum Gasteiger partial charge on any atom is 0.331 e. The molecule has 25 heavy (non-hydrogen) atoms. The van der Waals surface area contributed by atoms with Crippen LogP contribution >= 0.6 is 0 Å². The summed E-state index contributed by atoms with van der Waals surface area (Å²) < 4.78 is 0. The Morgan fingerprint density at radius 2 is 1.96 bits per heavy atom. The molecule has 3 N–H and O–H groups in total. The third kappa shape index (κ3) is 5.15. The van der Waals surface area contributed by atoms with E-state index in [1.54, 1.807) is 0 Å². The molecule has 0 spiro atoms. The van der Waals surface area contributed by atoms with Crippen LogP contribution in [0.2, 0.25) is 0 Å². The Labute approximate surface area is 146 Å². The van der Waals surface area contributed by atoms with Crippen molar-refractivity contribution >= 4 is 17.8 Å². The number of piperazine rings is 1. The van der Waals surface area contributed by atoms with E-state index in [-0.39, 0.29) is 12.0 Å². The van der Waals surface area contributed by atoms with Crippen LogP contribution in [0.1, 0.15) is 13.3 Å². The Hall–Kier alpha value is -2.67. The quantitative estimate of drug-likeness (QED) is 0.763. The van der Waals surface area contributed by atoms with Crippen molar-refractivity contribution in [2.75, 3.05) is 31.1 Å². The summed E-state index contributed by atoms with van der Waals surface area (Å²) in [4.78, 5) is 27.9. The molecule has 1 fully saturated rings. The van der Waals surface area contributed by atoms with Gasteiger partial charge < -0.3 is 20.4 Å². The van der Waals surface area contributed by atoms with Crippen LogP contribution in [0.4, 0.5) is 5.82 Å². The summed E-state index contributed by atoms with van der Waals surface area (Å²) in [5, 5.41) is 20.8. The second-order valence-electron chi connectivity index (χ2n) is 6.18. The first-order valence-corrected chi connectivity index (χ1v) is 8.14. The van der Waals surface area contributed by atoms with E-state index in [4.69, 9.17) is 10.2 Å². The standard InChI is InChI=1S/C9H13N3.C9H10O4/c1-2-4-11-9(3-1)12-7-5-10-6-8-12;1-9(8(12)13)4-2-3-6(5-9)7(10)11/h1-4,10H,5-8H2;2-4H,5H2,1H3,(H,10,11)(H,12,13). The highest BCUT2D eigenvalue weighted by Crippen LogP contribution is 2.31. The van der Waals surface area contributed by atoms with Crippen molar-refractivity contribution in [2.24, 2.45) is 5.41 Å². The summed E-state index contributed by atoms with van der Waals surface area (Å²) in [6.07, 6.45) is 6.28. The van der Waals surface area contributed by atoms with Gasteiger partial charge in [0.1, 0.15) is 5.82 Å². The molecule has 0 bridgehead atoms. The molecular formula is C18H23N3O4. The Morgan fingerprint density at radius 3 is 2.52 bits per heavy atom. The SMILES string of the molecule is CC1(C(=O)O)C=CC=C(C(=O)O)C1.c1ccc(N2CCNCC2)nc1. The van der Waals surface area contributed by atoms with Crippen LogP contribution in [0.5, 0.6) is 0 Å². The lowest BCUT2D eigenvalue weighted by Crippen LogP contribution is -2.43. The number of carbonyl (C=O) groups is 2. The Kier molecular flexibility index (Phi) is 6.30. The zero-order valence-corrected chi connectivity index (χ0v) is 14.2. The molecular weight excluding hydrogens is 322 g/mol. The number of nitrogens with one attached hydrogen (secondary N) is 1. The molecule has 2 aliphatic rings. The monoisotopic (exact) mass is 345 g/mol. The molecule has 7 nitrogen and oxygen atoms in total. The highest BCUT2D eigenvalue weighted by atomic mass is 16.4. The Morgan fingerprint density at radius 1 is 1.24 bits per heavy atom. The van der Waals surface area contributed by atoms with Crippen LogP contribution in [-0.2, 0) is 9.59 Å². The summed E-state index contributed by atoms with van der Waals surface area (Å²) in [6.45, 7) is 5.77. The van der Waals surface area contributed by atoms with Crippen molar-refractivity contribution in [2.45, 2.75) is 13.3 Å². The van der Waals surface area contributed by atoms with Gasteiger partial charge in [-0.15, -0.1) is 0 Å². The number of hydrogen-bond donors (Lipinski definition) is 3. The van der Waals surface area contributed by atoms with Gasteiger partial charge in [0, 0.05) is 37.9 Å². The van der Waals surface area contributed by atoms with E-state index in [1.165, 1.54) is 25.2 Å². The van der Waals surface area contributed by atoms with Crippen molar-refractivity contribution in [3.63, 3.8) is 0 Å². The van der Waals surface area contributed by atoms with E-state index in [2.05, 4.69) is 21.3 Å².